The van der Waals surface area contributed by atoms with Crippen molar-refractivity contribution in [3.63, 3.8) is 0 Å². The van der Waals surface area contributed by atoms with E-state index in [9.17, 15) is 5.11 Å². The molecule has 11 heavy (non-hydrogen) atoms. The summed E-state index contributed by atoms with van der Waals surface area (Å²) < 4.78 is 0. The SMILES string of the molecule is C[C@H](Br)[C@@H](O)c1ccccc1. The first-order chi connectivity index (χ1) is 5.22. The second-order valence-corrected chi connectivity index (χ2v) is 3.98. The van der Waals surface area contributed by atoms with Crippen LogP contribution in [0.5, 0.6) is 0 Å². The molecular weight excluding hydrogens is 204 g/mol. The van der Waals surface area contributed by atoms with Gasteiger partial charge >= 0.3 is 0 Å². The Morgan fingerprint density at radius 2 is 1.82 bits per heavy atom. The summed E-state index contributed by atoms with van der Waals surface area (Å²) in [6.45, 7) is 1.93. The summed E-state index contributed by atoms with van der Waals surface area (Å²) in [6.07, 6.45) is -0.406. The summed E-state index contributed by atoms with van der Waals surface area (Å²) in [5.41, 5.74) is 0.955. The number of benzene rings is 1. The van der Waals surface area contributed by atoms with Gasteiger partial charge in [0.2, 0.25) is 0 Å². The molecule has 1 nitrogen and oxygen atoms in total. The first-order valence-electron chi connectivity index (χ1n) is 3.59. The lowest BCUT2D eigenvalue weighted by molar-refractivity contribution is 0.181. The van der Waals surface area contributed by atoms with E-state index in [-0.39, 0.29) is 4.83 Å². The lowest BCUT2D eigenvalue weighted by Gasteiger charge is -2.12. The third-order valence-corrected chi connectivity index (χ3v) is 2.08. The van der Waals surface area contributed by atoms with Crippen LogP contribution in [-0.2, 0) is 0 Å². The highest BCUT2D eigenvalue weighted by atomic mass is 79.9. The van der Waals surface area contributed by atoms with Gasteiger partial charge in [0.25, 0.3) is 0 Å². The van der Waals surface area contributed by atoms with Gasteiger partial charge < -0.3 is 5.11 Å². The number of halogens is 1. The van der Waals surface area contributed by atoms with E-state index in [1.54, 1.807) is 0 Å². The maximum absolute atomic E-state index is 9.55. The molecule has 0 fully saturated rings. The molecule has 1 aromatic rings. The van der Waals surface area contributed by atoms with Crippen LogP contribution < -0.4 is 0 Å². The minimum Gasteiger partial charge on any atom is -0.387 e. The van der Waals surface area contributed by atoms with Crippen molar-refractivity contribution in [3.8, 4) is 0 Å². The Labute approximate surface area is 75.2 Å². The Morgan fingerprint density at radius 1 is 1.27 bits per heavy atom. The van der Waals surface area contributed by atoms with E-state index in [0.29, 0.717) is 0 Å². The molecule has 2 heteroatoms. The number of rotatable bonds is 2. The van der Waals surface area contributed by atoms with Gasteiger partial charge in [0, 0.05) is 4.83 Å². The van der Waals surface area contributed by atoms with Crippen LogP contribution in [0.4, 0.5) is 0 Å². The molecule has 1 N–H and O–H groups in total. The van der Waals surface area contributed by atoms with Crippen molar-refractivity contribution < 1.29 is 5.11 Å². The average molecular weight is 215 g/mol. The fourth-order valence-electron chi connectivity index (χ4n) is 0.915. The highest BCUT2D eigenvalue weighted by Crippen LogP contribution is 2.20. The third kappa shape index (κ3) is 2.31. The smallest absolute Gasteiger partial charge is 0.0912 e. The van der Waals surface area contributed by atoms with Gasteiger partial charge in [0.1, 0.15) is 0 Å². The molecule has 0 amide bonds. The van der Waals surface area contributed by atoms with Gasteiger partial charge in [-0.1, -0.05) is 46.3 Å². The van der Waals surface area contributed by atoms with E-state index in [4.69, 9.17) is 0 Å². The largest absolute Gasteiger partial charge is 0.387 e. The number of hydrogen-bond acceptors (Lipinski definition) is 1. The normalized spacial score (nSPS) is 15.9. The fourth-order valence-corrected chi connectivity index (χ4v) is 1.22. The van der Waals surface area contributed by atoms with Crippen molar-refractivity contribution in [2.75, 3.05) is 0 Å². The third-order valence-electron chi connectivity index (χ3n) is 1.58. The zero-order chi connectivity index (χ0) is 8.27. The van der Waals surface area contributed by atoms with Crippen LogP contribution in [-0.4, -0.2) is 9.93 Å². The molecule has 0 saturated heterocycles. The van der Waals surface area contributed by atoms with Crippen molar-refractivity contribution >= 4 is 15.9 Å². The number of aliphatic hydroxyl groups is 1. The summed E-state index contributed by atoms with van der Waals surface area (Å²) in [5, 5.41) is 9.55. The molecular formula is C9H11BrO. The molecule has 0 saturated carbocycles. The maximum atomic E-state index is 9.55. The van der Waals surface area contributed by atoms with Crippen LogP contribution in [0, 0.1) is 0 Å². The Balaban J connectivity index is 2.77. The predicted octanol–water partition coefficient (Wildman–Crippen LogP) is 2.50. The lowest BCUT2D eigenvalue weighted by Crippen LogP contribution is -2.06. The summed E-state index contributed by atoms with van der Waals surface area (Å²) in [6, 6.07) is 9.63. The van der Waals surface area contributed by atoms with Crippen molar-refractivity contribution in [2.45, 2.75) is 17.9 Å². The van der Waals surface area contributed by atoms with Gasteiger partial charge in [-0.25, -0.2) is 0 Å². The Morgan fingerprint density at radius 3 is 2.27 bits per heavy atom. The molecule has 0 aliphatic carbocycles. The Bertz CT molecular complexity index is 208. The average Bonchev–Trinajstić information content (AvgIpc) is 2.05. The van der Waals surface area contributed by atoms with Crippen LogP contribution in [0.1, 0.15) is 18.6 Å². The van der Waals surface area contributed by atoms with Crippen LogP contribution >= 0.6 is 15.9 Å². The molecule has 0 heterocycles. The summed E-state index contributed by atoms with van der Waals surface area (Å²) >= 11 is 3.33. The van der Waals surface area contributed by atoms with Gasteiger partial charge in [-0.2, -0.15) is 0 Å². The molecule has 1 rings (SSSR count). The van der Waals surface area contributed by atoms with E-state index in [2.05, 4.69) is 15.9 Å². The van der Waals surface area contributed by atoms with Crippen LogP contribution in [0.2, 0.25) is 0 Å². The standard InChI is InChI=1S/C9H11BrO/c1-7(10)9(11)8-5-3-2-4-6-8/h2-7,9,11H,1H3/t7-,9+/m0/s1. The minimum atomic E-state index is -0.406. The molecule has 0 unspecified atom stereocenters. The topological polar surface area (TPSA) is 20.2 Å². The Kier molecular flexibility index (Phi) is 3.09. The number of alkyl halides is 1. The molecule has 1 aromatic carbocycles. The van der Waals surface area contributed by atoms with Crippen molar-refractivity contribution in [2.24, 2.45) is 0 Å². The first kappa shape index (κ1) is 8.75. The zero-order valence-corrected chi connectivity index (χ0v) is 7.95. The lowest BCUT2D eigenvalue weighted by atomic mass is 10.1. The van der Waals surface area contributed by atoms with E-state index in [0.717, 1.165) is 5.56 Å². The van der Waals surface area contributed by atoms with Crippen LogP contribution in [0.15, 0.2) is 30.3 Å². The molecule has 0 spiro atoms. The molecule has 0 aliphatic heterocycles. The van der Waals surface area contributed by atoms with E-state index >= 15 is 0 Å². The van der Waals surface area contributed by atoms with Crippen molar-refractivity contribution in [3.05, 3.63) is 35.9 Å². The van der Waals surface area contributed by atoms with Crippen molar-refractivity contribution in [1.29, 1.82) is 0 Å². The highest BCUT2D eigenvalue weighted by Gasteiger charge is 2.11. The monoisotopic (exact) mass is 214 g/mol. The molecule has 0 aromatic heterocycles. The summed E-state index contributed by atoms with van der Waals surface area (Å²) in [4.78, 5) is 0.102. The maximum Gasteiger partial charge on any atom is 0.0912 e. The first-order valence-corrected chi connectivity index (χ1v) is 4.50. The molecule has 0 bridgehead atoms. The molecule has 2 atom stereocenters. The van der Waals surface area contributed by atoms with Gasteiger partial charge in [0.15, 0.2) is 0 Å². The highest BCUT2D eigenvalue weighted by molar-refractivity contribution is 9.09. The molecule has 0 radical (unpaired) electrons. The van der Waals surface area contributed by atoms with Gasteiger partial charge in [0.05, 0.1) is 6.10 Å². The van der Waals surface area contributed by atoms with Crippen molar-refractivity contribution in [1.82, 2.24) is 0 Å². The summed E-state index contributed by atoms with van der Waals surface area (Å²) in [5.74, 6) is 0. The number of hydrogen-bond donors (Lipinski definition) is 1. The predicted molar refractivity (Wildman–Crippen MR) is 49.8 cm³/mol. The van der Waals surface area contributed by atoms with Crippen LogP contribution in [0.25, 0.3) is 0 Å². The second kappa shape index (κ2) is 3.88. The van der Waals surface area contributed by atoms with Gasteiger partial charge in [-0.05, 0) is 12.5 Å². The van der Waals surface area contributed by atoms with Gasteiger partial charge in [-0.15, -0.1) is 0 Å². The molecule has 60 valence electrons. The minimum absolute atomic E-state index is 0.102. The van der Waals surface area contributed by atoms with Crippen LogP contribution in [0.3, 0.4) is 0 Å². The second-order valence-electron chi connectivity index (χ2n) is 2.53. The quantitative estimate of drug-likeness (QED) is 0.751. The number of aliphatic hydroxyl groups excluding tert-OH is 1. The van der Waals surface area contributed by atoms with Gasteiger partial charge in [-0.3, -0.25) is 0 Å². The fraction of sp³-hybridized carbons (Fsp3) is 0.333. The Hall–Kier alpha value is -0.340. The van der Waals surface area contributed by atoms with E-state index in [1.165, 1.54) is 0 Å². The van der Waals surface area contributed by atoms with E-state index < -0.39 is 6.10 Å². The zero-order valence-electron chi connectivity index (χ0n) is 6.37. The van der Waals surface area contributed by atoms with E-state index in [1.807, 2.05) is 37.3 Å². The molecule has 0 aliphatic rings. The summed E-state index contributed by atoms with van der Waals surface area (Å²) in [7, 11) is 0.